The largest absolute Gasteiger partial charge is 0.396 e. The van der Waals surface area contributed by atoms with Crippen molar-refractivity contribution in [1.29, 1.82) is 0 Å². The molecule has 1 rings (SSSR count). The van der Waals surface area contributed by atoms with Crippen LogP contribution in [0.1, 0.15) is 39.3 Å². The van der Waals surface area contributed by atoms with Crippen molar-refractivity contribution in [1.82, 2.24) is 4.98 Å². The van der Waals surface area contributed by atoms with E-state index >= 15 is 0 Å². The zero-order chi connectivity index (χ0) is 12.0. The average molecular weight is 242 g/mol. The van der Waals surface area contributed by atoms with Gasteiger partial charge in [-0.3, -0.25) is 0 Å². The molecule has 0 aliphatic carbocycles. The van der Waals surface area contributed by atoms with E-state index in [1.807, 2.05) is 0 Å². The summed E-state index contributed by atoms with van der Waals surface area (Å²) < 4.78 is 0. The zero-order valence-corrected chi connectivity index (χ0v) is 11.2. The highest BCUT2D eigenvalue weighted by Gasteiger charge is 2.17. The number of nitrogens with one attached hydrogen (secondary N) is 1. The molecule has 0 spiro atoms. The molecule has 1 heterocycles. The van der Waals surface area contributed by atoms with Crippen molar-refractivity contribution in [3.05, 3.63) is 11.1 Å². The van der Waals surface area contributed by atoms with Crippen LogP contribution in [0.3, 0.4) is 0 Å². The molecule has 0 aliphatic rings. The summed E-state index contributed by atoms with van der Waals surface area (Å²) in [6, 6.07) is 0. The van der Waals surface area contributed by atoms with E-state index in [1.54, 1.807) is 11.3 Å². The van der Waals surface area contributed by atoms with E-state index in [9.17, 15) is 0 Å². The molecule has 1 aromatic heterocycles. The van der Waals surface area contributed by atoms with Gasteiger partial charge in [-0.2, -0.15) is 0 Å². The van der Waals surface area contributed by atoms with Gasteiger partial charge in [-0.1, -0.05) is 20.8 Å². The Morgan fingerprint density at radius 3 is 2.81 bits per heavy atom. The summed E-state index contributed by atoms with van der Waals surface area (Å²) in [6.07, 6.45) is 2.89. The van der Waals surface area contributed by atoms with E-state index in [1.165, 1.54) is 0 Å². The summed E-state index contributed by atoms with van der Waals surface area (Å²) in [5.41, 5.74) is 1.36. The first-order valence-corrected chi connectivity index (χ1v) is 6.74. The SMILES string of the molecule is CCc1csc(NCC(C)(C)CCCO)n1. The molecule has 16 heavy (non-hydrogen) atoms. The second-order valence-electron chi connectivity index (χ2n) is 4.84. The van der Waals surface area contributed by atoms with Gasteiger partial charge in [0.25, 0.3) is 0 Å². The molecule has 0 saturated carbocycles. The Kier molecular flexibility index (Phi) is 5.22. The summed E-state index contributed by atoms with van der Waals surface area (Å²) >= 11 is 1.67. The lowest BCUT2D eigenvalue weighted by Crippen LogP contribution is -2.23. The Bertz CT molecular complexity index is 310. The average Bonchev–Trinajstić information content (AvgIpc) is 2.72. The summed E-state index contributed by atoms with van der Waals surface area (Å²) in [7, 11) is 0. The van der Waals surface area contributed by atoms with Crippen LogP contribution < -0.4 is 5.32 Å². The standard InChI is InChI=1S/C12H22N2OS/c1-4-10-8-16-11(14-10)13-9-12(2,3)6-5-7-15/h8,15H,4-7,9H2,1-3H3,(H,13,14). The quantitative estimate of drug-likeness (QED) is 0.772. The third kappa shape index (κ3) is 4.49. The van der Waals surface area contributed by atoms with Crippen LogP contribution in [-0.4, -0.2) is 23.2 Å². The first kappa shape index (κ1) is 13.5. The maximum Gasteiger partial charge on any atom is 0.182 e. The summed E-state index contributed by atoms with van der Waals surface area (Å²) in [5.74, 6) is 0. The molecule has 0 saturated heterocycles. The van der Waals surface area contributed by atoms with Gasteiger partial charge in [0, 0.05) is 18.5 Å². The lowest BCUT2D eigenvalue weighted by molar-refractivity contribution is 0.248. The lowest BCUT2D eigenvalue weighted by Gasteiger charge is -2.24. The van der Waals surface area contributed by atoms with Gasteiger partial charge in [0.05, 0.1) is 5.69 Å². The first-order valence-electron chi connectivity index (χ1n) is 5.86. The molecule has 4 heteroatoms. The molecule has 0 radical (unpaired) electrons. The number of hydrogen-bond acceptors (Lipinski definition) is 4. The van der Waals surface area contributed by atoms with Crippen molar-refractivity contribution < 1.29 is 5.11 Å². The Hall–Kier alpha value is -0.610. The van der Waals surface area contributed by atoms with Gasteiger partial charge in [-0.05, 0) is 24.7 Å². The van der Waals surface area contributed by atoms with Crippen molar-refractivity contribution in [3.8, 4) is 0 Å². The number of nitrogens with zero attached hydrogens (tertiary/aromatic N) is 1. The van der Waals surface area contributed by atoms with Crippen LogP contribution in [-0.2, 0) is 6.42 Å². The van der Waals surface area contributed by atoms with Crippen LogP contribution in [0, 0.1) is 5.41 Å². The van der Waals surface area contributed by atoms with E-state index in [-0.39, 0.29) is 12.0 Å². The molecule has 0 bridgehead atoms. The second-order valence-corrected chi connectivity index (χ2v) is 5.70. The highest BCUT2D eigenvalue weighted by atomic mass is 32.1. The van der Waals surface area contributed by atoms with Crippen molar-refractivity contribution >= 4 is 16.5 Å². The molecule has 0 amide bonds. The molecule has 0 fully saturated rings. The van der Waals surface area contributed by atoms with Crippen LogP contribution in [0.4, 0.5) is 5.13 Å². The van der Waals surface area contributed by atoms with E-state index < -0.39 is 0 Å². The fourth-order valence-electron chi connectivity index (χ4n) is 1.51. The predicted octanol–water partition coefficient (Wildman–Crippen LogP) is 2.92. The van der Waals surface area contributed by atoms with Crippen LogP contribution in [0.2, 0.25) is 0 Å². The molecule has 0 unspecified atom stereocenters. The number of hydrogen-bond donors (Lipinski definition) is 2. The predicted molar refractivity (Wildman–Crippen MR) is 70.1 cm³/mol. The zero-order valence-electron chi connectivity index (χ0n) is 10.4. The van der Waals surface area contributed by atoms with E-state index in [2.05, 4.69) is 36.5 Å². The third-order valence-corrected chi connectivity index (χ3v) is 3.49. The maximum atomic E-state index is 8.82. The van der Waals surface area contributed by atoms with Crippen LogP contribution in [0.25, 0.3) is 0 Å². The monoisotopic (exact) mass is 242 g/mol. The van der Waals surface area contributed by atoms with Gasteiger partial charge in [-0.25, -0.2) is 4.98 Å². The van der Waals surface area contributed by atoms with E-state index in [0.717, 1.165) is 36.6 Å². The van der Waals surface area contributed by atoms with Gasteiger partial charge in [-0.15, -0.1) is 11.3 Å². The molecule has 92 valence electrons. The van der Waals surface area contributed by atoms with Crippen molar-refractivity contribution in [3.63, 3.8) is 0 Å². The summed E-state index contributed by atoms with van der Waals surface area (Å²) in [6.45, 7) is 7.72. The molecule has 3 nitrogen and oxygen atoms in total. The summed E-state index contributed by atoms with van der Waals surface area (Å²) in [5, 5.41) is 15.3. The van der Waals surface area contributed by atoms with Gasteiger partial charge in [0.15, 0.2) is 5.13 Å². The molecular formula is C12H22N2OS. The van der Waals surface area contributed by atoms with Gasteiger partial charge < -0.3 is 10.4 Å². The maximum absolute atomic E-state index is 8.82. The highest BCUT2D eigenvalue weighted by molar-refractivity contribution is 7.13. The van der Waals surface area contributed by atoms with Crippen LogP contribution in [0.15, 0.2) is 5.38 Å². The third-order valence-electron chi connectivity index (χ3n) is 2.64. The normalized spacial score (nSPS) is 11.8. The minimum Gasteiger partial charge on any atom is -0.396 e. The Balaban J connectivity index is 2.37. The van der Waals surface area contributed by atoms with E-state index in [0.29, 0.717) is 0 Å². The van der Waals surface area contributed by atoms with Crippen LogP contribution >= 0.6 is 11.3 Å². The van der Waals surface area contributed by atoms with Crippen molar-refractivity contribution in [2.45, 2.75) is 40.0 Å². The smallest absolute Gasteiger partial charge is 0.182 e. The molecular weight excluding hydrogens is 220 g/mol. The number of aliphatic hydroxyl groups excluding tert-OH is 1. The number of aryl methyl sites for hydroxylation is 1. The minimum atomic E-state index is 0.209. The summed E-state index contributed by atoms with van der Waals surface area (Å²) in [4.78, 5) is 4.47. The topological polar surface area (TPSA) is 45.1 Å². The number of anilines is 1. The molecule has 2 N–H and O–H groups in total. The number of aromatic nitrogens is 1. The Labute approximate surface area is 102 Å². The Morgan fingerprint density at radius 2 is 2.25 bits per heavy atom. The number of aliphatic hydroxyl groups is 1. The van der Waals surface area contributed by atoms with Crippen molar-refractivity contribution in [2.24, 2.45) is 5.41 Å². The molecule has 0 atom stereocenters. The highest BCUT2D eigenvalue weighted by Crippen LogP contribution is 2.24. The lowest BCUT2D eigenvalue weighted by atomic mass is 9.88. The van der Waals surface area contributed by atoms with Gasteiger partial charge in [0.1, 0.15) is 0 Å². The van der Waals surface area contributed by atoms with Crippen molar-refractivity contribution in [2.75, 3.05) is 18.5 Å². The second kappa shape index (κ2) is 6.21. The molecule has 1 aromatic rings. The fourth-order valence-corrected chi connectivity index (χ4v) is 2.30. The van der Waals surface area contributed by atoms with E-state index in [4.69, 9.17) is 5.11 Å². The first-order chi connectivity index (χ1) is 7.57. The number of thiazole rings is 1. The van der Waals surface area contributed by atoms with Crippen LogP contribution in [0.5, 0.6) is 0 Å². The molecule has 0 aromatic carbocycles. The minimum absolute atomic E-state index is 0.209. The molecule has 0 aliphatic heterocycles. The van der Waals surface area contributed by atoms with Gasteiger partial charge in [0.2, 0.25) is 0 Å². The van der Waals surface area contributed by atoms with Gasteiger partial charge >= 0.3 is 0 Å². The fraction of sp³-hybridized carbons (Fsp3) is 0.750. The number of rotatable bonds is 7. The Morgan fingerprint density at radius 1 is 1.50 bits per heavy atom.